The van der Waals surface area contributed by atoms with Gasteiger partial charge < -0.3 is 5.11 Å². The Bertz CT molecular complexity index is 424. The van der Waals surface area contributed by atoms with Gasteiger partial charge in [0.2, 0.25) is 0 Å². The second kappa shape index (κ2) is 4.75. The van der Waals surface area contributed by atoms with Crippen molar-refractivity contribution in [3.63, 3.8) is 0 Å². The number of nitrogens with zero attached hydrogens (tertiary/aromatic N) is 1. The standard InChI is InChI=1S/C11H17BrN2O2/c1-2-4-7-10(12)11(16)14(13-7)8-5-3-6-9(8)15/h8-9,13,15H,2-6H2,1H3. The molecule has 1 aromatic rings. The van der Waals surface area contributed by atoms with Gasteiger partial charge in [0.15, 0.2) is 0 Å². The van der Waals surface area contributed by atoms with E-state index in [2.05, 4.69) is 28.0 Å². The summed E-state index contributed by atoms with van der Waals surface area (Å²) in [5, 5.41) is 12.9. The smallest absolute Gasteiger partial charge is 0.281 e. The van der Waals surface area contributed by atoms with Crippen molar-refractivity contribution in [2.24, 2.45) is 0 Å². The number of hydrogen-bond acceptors (Lipinski definition) is 2. The third kappa shape index (κ3) is 1.98. The molecule has 2 N–H and O–H groups in total. The summed E-state index contributed by atoms with van der Waals surface area (Å²) < 4.78 is 2.21. The SMILES string of the molecule is CCCc1[nH]n(C2CCCC2O)c(=O)c1Br. The van der Waals surface area contributed by atoms with Crippen LogP contribution in [0.15, 0.2) is 9.27 Å². The van der Waals surface area contributed by atoms with Crippen molar-refractivity contribution in [1.29, 1.82) is 0 Å². The van der Waals surface area contributed by atoms with E-state index in [1.807, 2.05) is 0 Å². The maximum Gasteiger partial charge on any atom is 0.281 e. The molecular weight excluding hydrogens is 272 g/mol. The number of nitrogens with one attached hydrogen (secondary N) is 1. The fourth-order valence-electron chi connectivity index (χ4n) is 2.35. The van der Waals surface area contributed by atoms with Gasteiger partial charge in [0.1, 0.15) is 4.47 Å². The van der Waals surface area contributed by atoms with Gasteiger partial charge in [-0.1, -0.05) is 13.3 Å². The number of hydrogen-bond donors (Lipinski definition) is 2. The summed E-state index contributed by atoms with van der Waals surface area (Å²) in [5.74, 6) is 0. The Morgan fingerprint density at radius 3 is 2.88 bits per heavy atom. The van der Waals surface area contributed by atoms with Gasteiger partial charge in [0.25, 0.3) is 5.56 Å². The van der Waals surface area contributed by atoms with E-state index in [4.69, 9.17) is 0 Å². The topological polar surface area (TPSA) is 58.0 Å². The minimum atomic E-state index is -0.391. The Kier molecular flexibility index (Phi) is 3.54. The summed E-state index contributed by atoms with van der Waals surface area (Å²) >= 11 is 3.32. The molecule has 4 nitrogen and oxygen atoms in total. The quantitative estimate of drug-likeness (QED) is 0.894. The van der Waals surface area contributed by atoms with E-state index in [0.717, 1.165) is 37.8 Å². The van der Waals surface area contributed by atoms with E-state index in [1.165, 1.54) is 0 Å². The third-order valence-electron chi connectivity index (χ3n) is 3.20. The molecule has 2 rings (SSSR count). The second-order valence-corrected chi connectivity index (χ2v) is 5.19. The molecule has 1 fully saturated rings. The molecule has 1 heterocycles. The summed E-state index contributed by atoms with van der Waals surface area (Å²) in [5.41, 5.74) is 0.890. The van der Waals surface area contributed by atoms with Crippen molar-refractivity contribution in [2.75, 3.05) is 0 Å². The molecule has 1 aliphatic rings. The number of aliphatic hydroxyl groups is 1. The molecule has 1 saturated carbocycles. The molecule has 2 atom stereocenters. The Morgan fingerprint density at radius 1 is 1.56 bits per heavy atom. The van der Waals surface area contributed by atoms with Crippen LogP contribution in [0.1, 0.15) is 44.3 Å². The Morgan fingerprint density at radius 2 is 2.31 bits per heavy atom. The number of halogens is 1. The monoisotopic (exact) mass is 288 g/mol. The fourth-order valence-corrected chi connectivity index (χ4v) is 2.83. The van der Waals surface area contributed by atoms with Crippen LogP contribution < -0.4 is 5.56 Å². The molecule has 0 aromatic carbocycles. The highest BCUT2D eigenvalue weighted by atomic mass is 79.9. The van der Waals surface area contributed by atoms with E-state index >= 15 is 0 Å². The largest absolute Gasteiger partial charge is 0.391 e. The molecule has 5 heteroatoms. The first-order valence-corrected chi connectivity index (χ1v) is 6.61. The normalized spacial score (nSPS) is 25.2. The van der Waals surface area contributed by atoms with Gasteiger partial charge >= 0.3 is 0 Å². The summed E-state index contributed by atoms with van der Waals surface area (Å²) in [6.45, 7) is 2.08. The molecule has 0 saturated heterocycles. The zero-order valence-corrected chi connectivity index (χ0v) is 11.0. The van der Waals surface area contributed by atoms with Gasteiger partial charge in [-0.15, -0.1) is 0 Å². The maximum absolute atomic E-state index is 12.0. The molecule has 0 bridgehead atoms. The van der Waals surface area contributed by atoms with E-state index in [-0.39, 0.29) is 11.6 Å². The first-order chi connectivity index (χ1) is 7.65. The molecule has 0 spiro atoms. The van der Waals surface area contributed by atoms with E-state index in [9.17, 15) is 9.90 Å². The van der Waals surface area contributed by atoms with Crippen molar-refractivity contribution < 1.29 is 5.11 Å². The first-order valence-electron chi connectivity index (χ1n) is 5.82. The number of rotatable bonds is 3. The summed E-state index contributed by atoms with van der Waals surface area (Å²) in [4.78, 5) is 12.0. The lowest BCUT2D eigenvalue weighted by molar-refractivity contribution is 0.128. The van der Waals surface area contributed by atoms with Gasteiger partial charge in [-0.2, -0.15) is 0 Å². The summed E-state index contributed by atoms with van der Waals surface area (Å²) in [6.07, 6.45) is 4.10. The molecule has 0 aliphatic heterocycles. The number of aryl methyl sites for hydroxylation is 1. The zero-order chi connectivity index (χ0) is 11.7. The molecule has 16 heavy (non-hydrogen) atoms. The van der Waals surface area contributed by atoms with Crippen molar-refractivity contribution >= 4 is 15.9 Å². The van der Waals surface area contributed by atoms with Gasteiger partial charge in [-0.05, 0) is 41.6 Å². The van der Waals surface area contributed by atoms with Crippen LogP contribution in [-0.2, 0) is 6.42 Å². The minimum Gasteiger partial charge on any atom is -0.391 e. The van der Waals surface area contributed by atoms with Gasteiger partial charge in [-0.3, -0.25) is 9.89 Å². The highest BCUT2D eigenvalue weighted by Gasteiger charge is 2.29. The lowest BCUT2D eigenvalue weighted by atomic mass is 10.2. The lowest BCUT2D eigenvalue weighted by Gasteiger charge is -2.14. The lowest BCUT2D eigenvalue weighted by Crippen LogP contribution is -2.27. The Labute approximate surface area is 103 Å². The van der Waals surface area contributed by atoms with Gasteiger partial charge in [0, 0.05) is 0 Å². The third-order valence-corrected chi connectivity index (χ3v) is 4.02. The van der Waals surface area contributed by atoms with Crippen LogP contribution in [0.4, 0.5) is 0 Å². The van der Waals surface area contributed by atoms with Crippen molar-refractivity contribution in [1.82, 2.24) is 9.78 Å². The van der Waals surface area contributed by atoms with Crippen molar-refractivity contribution in [3.8, 4) is 0 Å². The molecule has 90 valence electrons. The Hall–Kier alpha value is -0.550. The predicted octanol–water partition coefficient (Wildman–Crippen LogP) is 1.98. The average Bonchev–Trinajstić information content (AvgIpc) is 2.78. The molecular formula is C11H17BrN2O2. The number of aliphatic hydroxyl groups excluding tert-OH is 1. The summed E-state index contributed by atoms with van der Waals surface area (Å²) in [7, 11) is 0. The number of H-pyrrole nitrogens is 1. The van der Waals surface area contributed by atoms with Crippen LogP contribution >= 0.6 is 15.9 Å². The first kappa shape index (κ1) is 11.9. The molecule has 0 amide bonds. The van der Waals surface area contributed by atoms with Gasteiger partial charge in [0.05, 0.1) is 17.8 Å². The fraction of sp³-hybridized carbons (Fsp3) is 0.727. The highest BCUT2D eigenvalue weighted by molar-refractivity contribution is 9.10. The second-order valence-electron chi connectivity index (χ2n) is 4.40. The van der Waals surface area contributed by atoms with Crippen LogP contribution in [0.25, 0.3) is 0 Å². The van der Waals surface area contributed by atoms with Crippen LogP contribution in [0.3, 0.4) is 0 Å². The van der Waals surface area contributed by atoms with Crippen molar-refractivity contribution in [3.05, 3.63) is 20.5 Å². The molecule has 0 radical (unpaired) electrons. The zero-order valence-electron chi connectivity index (χ0n) is 9.37. The van der Waals surface area contributed by atoms with Crippen LogP contribution in [0.2, 0.25) is 0 Å². The minimum absolute atomic E-state index is 0.0469. The number of aromatic amines is 1. The number of aromatic nitrogens is 2. The molecule has 1 aromatic heterocycles. The van der Waals surface area contributed by atoms with Gasteiger partial charge in [-0.25, -0.2) is 4.68 Å². The summed E-state index contributed by atoms with van der Waals surface area (Å²) in [6, 6.07) is -0.0746. The Balaban J connectivity index is 2.34. The van der Waals surface area contributed by atoms with E-state index in [1.54, 1.807) is 4.68 Å². The highest BCUT2D eigenvalue weighted by Crippen LogP contribution is 2.29. The van der Waals surface area contributed by atoms with Crippen molar-refractivity contribution in [2.45, 2.75) is 51.2 Å². The van der Waals surface area contributed by atoms with Crippen LogP contribution in [-0.4, -0.2) is 21.0 Å². The van der Waals surface area contributed by atoms with E-state index in [0.29, 0.717) is 4.47 Å². The average molecular weight is 289 g/mol. The molecule has 2 unspecified atom stereocenters. The molecule has 1 aliphatic carbocycles. The predicted molar refractivity (Wildman–Crippen MR) is 65.6 cm³/mol. The van der Waals surface area contributed by atoms with Crippen LogP contribution in [0.5, 0.6) is 0 Å². The maximum atomic E-state index is 12.0. The van der Waals surface area contributed by atoms with E-state index < -0.39 is 6.10 Å². The van der Waals surface area contributed by atoms with Crippen LogP contribution in [0, 0.1) is 0 Å².